The van der Waals surface area contributed by atoms with Crippen LogP contribution in [0.4, 0.5) is 0 Å². The van der Waals surface area contributed by atoms with Gasteiger partial charge in [-0.05, 0) is 43.9 Å². The molecule has 1 aromatic carbocycles. The van der Waals surface area contributed by atoms with E-state index in [-0.39, 0.29) is 24.2 Å². The zero-order chi connectivity index (χ0) is 18.1. The van der Waals surface area contributed by atoms with E-state index in [1.165, 1.54) is 7.11 Å². The molecule has 1 aliphatic heterocycles. The van der Waals surface area contributed by atoms with Gasteiger partial charge in [0.05, 0.1) is 25.7 Å². The van der Waals surface area contributed by atoms with Gasteiger partial charge in [0.25, 0.3) is 0 Å². The summed E-state index contributed by atoms with van der Waals surface area (Å²) in [7, 11) is 1.40. The molecule has 25 heavy (non-hydrogen) atoms. The number of rotatable bonds is 3. The zero-order valence-corrected chi connectivity index (χ0v) is 15.5. The Morgan fingerprint density at radius 3 is 2.64 bits per heavy atom. The highest BCUT2D eigenvalue weighted by Crippen LogP contribution is 2.33. The summed E-state index contributed by atoms with van der Waals surface area (Å²) in [5.74, 6) is -0.247. The number of methoxy groups -OCH3 is 1. The van der Waals surface area contributed by atoms with Gasteiger partial charge < -0.3 is 14.1 Å². The van der Waals surface area contributed by atoms with E-state index in [2.05, 4.69) is 0 Å². The SMILES string of the molecule is COC(=O)C1CCN(C(=O)Cc2coc3cc(C)c(Cl)c(C)c23)CC1. The lowest BCUT2D eigenvalue weighted by molar-refractivity contribution is -0.148. The van der Waals surface area contributed by atoms with Gasteiger partial charge in [-0.25, -0.2) is 0 Å². The first-order valence-corrected chi connectivity index (χ1v) is 8.81. The van der Waals surface area contributed by atoms with E-state index >= 15 is 0 Å². The second-order valence-corrected chi connectivity index (χ2v) is 7.00. The largest absolute Gasteiger partial charge is 0.469 e. The van der Waals surface area contributed by atoms with Crippen molar-refractivity contribution in [2.45, 2.75) is 33.1 Å². The molecular formula is C19H22ClNO4. The zero-order valence-electron chi connectivity index (χ0n) is 14.7. The number of nitrogens with zero attached hydrogens (tertiary/aromatic N) is 1. The van der Waals surface area contributed by atoms with Gasteiger partial charge in [0.1, 0.15) is 5.58 Å². The molecule has 0 radical (unpaired) electrons. The Balaban J connectivity index is 1.73. The molecule has 1 fully saturated rings. The lowest BCUT2D eigenvalue weighted by Crippen LogP contribution is -2.41. The van der Waals surface area contributed by atoms with E-state index < -0.39 is 0 Å². The third-order valence-electron chi connectivity index (χ3n) is 5.02. The van der Waals surface area contributed by atoms with Gasteiger partial charge in [0, 0.05) is 29.1 Å². The number of piperidine rings is 1. The first kappa shape index (κ1) is 17.8. The minimum Gasteiger partial charge on any atom is -0.469 e. The number of esters is 1. The minimum atomic E-state index is -0.187. The number of hydrogen-bond acceptors (Lipinski definition) is 4. The Bertz CT molecular complexity index is 818. The van der Waals surface area contributed by atoms with E-state index in [0.29, 0.717) is 31.0 Å². The van der Waals surface area contributed by atoms with E-state index in [1.54, 1.807) is 6.26 Å². The maximum Gasteiger partial charge on any atom is 0.308 e. The van der Waals surface area contributed by atoms with Crippen LogP contribution in [0.2, 0.25) is 5.02 Å². The molecule has 5 nitrogen and oxygen atoms in total. The Morgan fingerprint density at radius 1 is 1.32 bits per heavy atom. The fourth-order valence-corrected chi connectivity index (χ4v) is 3.69. The quantitative estimate of drug-likeness (QED) is 0.781. The fraction of sp³-hybridized carbons (Fsp3) is 0.474. The van der Waals surface area contributed by atoms with E-state index in [1.807, 2.05) is 24.8 Å². The highest BCUT2D eigenvalue weighted by molar-refractivity contribution is 6.33. The summed E-state index contributed by atoms with van der Waals surface area (Å²) in [6.45, 7) is 5.04. The summed E-state index contributed by atoms with van der Waals surface area (Å²) in [6.07, 6.45) is 3.21. The van der Waals surface area contributed by atoms with Crippen LogP contribution in [0, 0.1) is 19.8 Å². The van der Waals surface area contributed by atoms with Crippen LogP contribution in [0.25, 0.3) is 11.0 Å². The average molecular weight is 364 g/mol. The number of fused-ring (bicyclic) bond motifs is 1. The summed E-state index contributed by atoms with van der Waals surface area (Å²) < 4.78 is 10.4. The number of halogens is 1. The summed E-state index contributed by atoms with van der Waals surface area (Å²) in [5, 5.41) is 1.63. The van der Waals surface area contributed by atoms with E-state index in [9.17, 15) is 9.59 Å². The molecule has 0 spiro atoms. The maximum absolute atomic E-state index is 12.7. The number of furan rings is 1. The van der Waals surface area contributed by atoms with Crippen LogP contribution in [0.1, 0.15) is 29.5 Å². The molecule has 1 aromatic heterocycles. The van der Waals surface area contributed by atoms with Crippen LogP contribution in [-0.2, 0) is 20.7 Å². The molecule has 0 atom stereocenters. The van der Waals surface area contributed by atoms with Crippen LogP contribution in [0.5, 0.6) is 0 Å². The lowest BCUT2D eigenvalue weighted by atomic mass is 9.96. The number of carbonyl (C=O) groups excluding carboxylic acids is 2. The number of benzene rings is 1. The van der Waals surface area contributed by atoms with Crippen molar-refractivity contribution in [2.75, 3.05) is 20.2 Å². The molecule has 6 heteroatoms. The monoisotopic (exact) mass is 363 g/mol. The average Bonchev–Trinajstić information content (AvgIpc) is 3.01. The van der Waals surface area contributed by atoms with Crippen molar-refractivity contribution in [2.24, 2.45) is 5.92 Å². The molecule has 134 valence electrons. The van der Waals surface area contributed by atoms with Gasteiger partial charge in [0.15, 0.2) is 0 Å². The highest BCUT2D eigenvalue weighted by Gasteiger charge is 2.28. The van der Waals surface area contributed by atoms with Crippen molar-refractivity contribution in [3.63, 3.8) is 0 Å². The van der Waals surface area contributed by atoms with Crippen LogP contribution >= 0.6 is 11.6 Å². The number of amides is 1. The van der Waals surface area contributed by atoms with Crippen molar-refractivity contribution < 1.29 is 18.7 Å². The van der Waals surface area contributed by atoms with Crippen LogP contribution in [0.15, 0.2) is 16.7 Å². The van der Waals surface area contributed by atoms with Crippen molar-refractivity contribution in [3.05, 3.63) is 34.0 Å². The summed E-state index contributed by atoms with van der Waals surface area (Å²) in [5.41, 5.74) is 3.52. The Labute approximate surface area is 151 Å². The van der Waals surface area contributed by atoms with Crippen molar-refractivity contribution in [1.29, 1.82) is 0 Å². The predicted molar refractivity (Wildman–Crippen MR) is 95.7 cm³/mol. The van der Waals surface area contributed by atoms with Crippen LogP contribution in [-0.4, -0.2) is 37.0 Å². The molecule has 0 unspecified atom stereocenters. The smallest absolute Gasteiger partial charge is 0.308 e. The second-order valence-electron chi connectivity index (χ2n) is 6.62. The molecule has 1 aliphatic rings. The fourth-order valence-electron chi connectivity index (χ4n) is 3.54. The first-order valence-electron chi connectivity index (χ1n) is 8.43. The molecular weight excluding hydrogens is 342 g/mol. The summed E-state index contributed by atoms with van der Waals surface area (Å²) in [6, 6.07) is 1.90. The van der Waals surface area contributed by atoms with Crippen LogP contribution in [0.3, 0.4) is 0 Å². The van der Waals surface area contributed by atoms with Crippen molar-refractivity contribution >= 4 is 34.4 Å². The highest BCUT2D eigenvalue weighted by atomic mass is 35.5. The molecule has 2 aromatic rings. The van der Waals surface area contributed by atoms with Gasteiger partial charge in [0.2, 0.25) is 5.91 Å². The number of hydrogen-bond donors (Lipinski definition) is 0. The number of ether oxygens (including phenoxy) is 1. The number of likely N-dealkylation sites (tertiary alicyclic amines) is 1. The first-order chi connectivity index (χ1) is 11.9. The van der Waals surface area contributed by atoms with Crippen molar-refractivity contribution in [1.82, 2.24) is 4.90 Å². The summed E-state index contributed by atoms with van der Waals surface area (Å²) in [4.78, 5) is 26.1. The molecule has 0 aliphatic carbocycles. The minimum absolute atomic E-state index is 0.0436. The van der Waals surface area contributed by atoms with Gasteiger partial charge in [-0.1, -0.05) is 11.6 Å². The van der Waals surface area contributed by atoms with Crippen LogP contribution < -0.4 is 0 Å². The molecule has 1 amide bonds. The maximum atomic E-state index is 12.7. The molecule has 0 saturated carbocycles. The Morgan fingerprint density at radius 2 is 2.00 bits per heavy atom. The topological polar surface area (TPSA) is 59.8 Å². The standard InChI is InChI=1S/C19H22ClNO4/c1-11-8-15-17(12(2)18(11)20)14(10-25-15)9-16(22)21-6-4-13(5-7-21)19(23)24-3/h8,10,13H,4-7,9H2,1-3H3. The van der Waals surface area contributed by atoms with Crippen molar-refractivity contribution in [3.8, 4) is 0 Å². The normalized spacial score (nSPS) is 15.6. The Kier molecular flexibility index (Phi) is 5.04. The summed E-state index contributed by atoms with van der Waals surface area (Å²) >= 11 is 6.35. The molecule has 1 saturated heterocycles. The van der Waals surface area contributed by atoms with Gasteiger partial charge in [-0.3, -0.25) is 9.59 Å². The van der Waals surface area contributed by atoms with E-state index in [0.717, 1.165) is 27.7 Å². The molecule has 0 N–H and O–H groups in total. The Hall–Kier alpha value is -2.01. The third-order valence-corrected chi connectivity index (χ3v) is 5.60. The molecule has 0 bridgehead atoms. The third kappa shape index (κ3) is 3.38. The van der Waals surface area contributed by atoms with Gasteiger partial charge in [-0.2, -0.15) is 0 Å². The molecule has 3 rings (SSSR count). The van der Waals surface area contributed by atoms with Gasteiger partial charge in [-0.15, -0.1) is 0 Å². The number of aryl methyl sites for hydroxylation is 2. The predicted octanol–water partition coefficient (Wildman–Crippen LogP) is 3.66. The second kappa shape index (κ2) is 7.08. The lowest BCUT2D eigenvalue weighted by Gasteiger charge is -2.30. The number of carbonyl (C=O) groups is 2. The van der Waals surface area contributed by atoms with E-state index in [4.69, 9.17) is 20.8 Å². The van der Waals surface area contributed by atoms with Gasteiger partial charge >= 0.3 is 5.97 Å². The molecule has 2 heterocycles.